The third-order valence-electron chi connectivity index (χ3n) is 9.74. The van der Waals surface area contributed by atoms with Crippen LogP contribution in [0.2, 0.25) is 10.0 Å². The Bertz CT molecular complexity index is 1830. The van der Waals surface area contributed by atoms with Gasteiger partial charge in [0.05, 0.1) is 28.5 Å². The molecule has 46 heavy (non-hydrogen) atoms. The zero-order valence-corrected chi connectivity index (χ0v) is 25.7. The number of nitro groups is 1. The van der Waals surface area contributed by atoms with Gasteiger partial charge in [0.2, 0.25) is 11.8 Å². The fourth-order valence-corrected chi connectivity index (χ4v) is 8.05. The summed E-state index contributed by atoms with van der Waals surface area (Å²) in [5, 5.41) is 15.6. The Kier molecular flexibility index (Phi) is 7.85. The van der Waals surface area contributed by atoms with E-state index in [4.69, 9.17) is 27.9 Å². The lowest BCUT2D eigenvalue weighted by Crippen LogP contribution is -2.54. The third kappa shape index (κ3) is 4.43. The van der Waals surface area contributed by atoms with E-state index in [-0.39, 0.29) is 47.3 Å². The first-order valence-corrected chi connectivity index (χ1v) is 15.3. The van der Waals surface area contributed by atoms with E-state index in [9.17, 15) is 24.5 Å². The van der Waals surface area contributed by atoms with Gasteiger partial charge in [0, 0.05) is 46.9 Å². The summed E-state index contributed by atoms with van der Waals surface area (Å²) < 4.78 is 20.9. The average molecular weight is 670 g/mol. The number of esters is 1. The minimum Gasteiger partial charge on any atom is -0.465 e. The molecule has 1 N–H and O–H groups in total. The average Bonchev–Trinajstić information content (AvgIpc) is 3.63. The fraction of sp³-hybridized carbons (Fsp3) is 0.364. The van der Waals surface area contributed by atoms with E-state index in [0.717, 1.165) is 12.8 Å². The lowest BCUT2D eigenvalue weighted by Gasteiger charge is -2.41. The summed E-state index contributed by atoms with van der Waals surface area (Å²) in [6, 6.07) is 11.7. The van der Waals surface area contributed by atoms with Crippen LogP contribution in [0.15, 0.2) is 48.5 Å². The summed E-state index contributed by atoms with van der Waals surface area (Å²) in [5.74, 6) is -4.12. The van der Waals surface area contributed by atoms with Gasteiger partial charge in [-0.2, -0.15) is 0 Å². The number of carbonyl (C=O) groups is 3. The smallest absolute Gasteiger partial charge is 0.338 e. The van der Waals surface area contributed by atoms with Gasteiger partial charge in [0.1, 0.15) is 17.0 Å². The molecule has 3 fully saturated rings. The normalized spacial score (nSPS) is 24.9. The van der Waals surface area contributed by atoms with Gasteiger partial charge >= 0.3 is 5.97 Å². The summed E-state index contributed by atoms with van der Waals surface area (Å²) in [5.41, 5.74) is -0.631. The number of methoxy groups -OCH3 is 1. The van der Waals surface area contributed by atoms with E-state index >= 15 is 4.39 Å². The standard InChI is InChI=1S/C32H27Cl2FN4O6.CH4/c1-15-18(30(41)45-2)9-11-23(28(15)39(43)44)37-14-24-25(29(37)40)26(19-4-3-5-21(34)27(19)35)32(38(24)13-16-6-7-16)20-10-8-17(33)12-22(20)36-31(32)42;/h3-5,8-12,16,24-26H,6-7,13-14H2,1-2H3,(H,36,42);1H4/t24-,25+,26-,32+;/m0./s1. The predicted octanol–water partition coefficient (Wildman–Crippen LogP) is 6.46. The zero-order chi connectivity index (χ0) is 31.9. The molecule has 3 heterocycles. The van der Waals surface area contributed by atoms with E-state index < -0.39 is 57.6 Å². The van der Waals surface area contributed by atoms with Crippen molar-refractivity contribution >= 4 is 58.0 Å². The molecule has 0 unspecified atom stereocenters. The van der Waals surface area contributed by atoms with Gasteiger partial charge in [0.25, 0.3) is 5.69 Å². The van der Waals surface area contributed by atoms with Gasteiger partial charge in [-0.15, -0.1) is 0 Å². The molecule has 4 atom stereocenters. The second-order valence-electron chi connectivity index (χ2n) is 12.0. The molecule has 7 rings (SSSR count). The number of carbonyl (C=O) groups excluding carboxylic acids is 3. The summed E-state index contributed by atoms with van der Waals surface area (Å²) in [6.07, 6.45) is 1.87. The van der Waals surface area contributed by atoms with Crippen molar-refractivity contribution in [3.8, 4) is 0 Å². The molecular formula is C33H31Cl2FN4O6. The minimum atomic E-state index is -1.47. The number of benzene rings is 3. The Balaban J connectivity index is 0.00000372. The Morgan fingerprint density at radius 1 is 1.17 bits per heavy atom. The largest absolute Gasteiger partial charge is 0.465 e. The number of halogens is 3. The maximum atomic E-state index is 16.1. The number of amides is 2. The van der Waals surface area contributed by atoms with Gasteiger partial charge in [-0.3, -0.25) is 24.6 Å². The number of nitro benzene ring substituents is 1. The lowest BCUT2D eigenvalue weighted by atomic mass is 9.71. The van der Waals surface area contributed by atoms with Crippen LogP contribution in [-0.4, -0.2) is 53.8 Å². The molecule has 2 saturated heterocycles. The first-order chi connectivity index (χ1) is 21.5. The molecule has 1 aliphatic carbocycles. The minimum absolute atomic E-state index is 0. The number of nitrogens with one attached hydrogen (secondary N) is 1. The molecule has 3 aliphatic heterocycles. The summed E-state index contributed by atoms with van der Waals surface area (Å²) in [7, 11) is 1.18. The number of ether oxygens (including phenoxy) is 1. The van der Waals surface area contributed by atoms with Gasteiger partial charge in [-0.25, -0.2) is 9.18 Å². The number of hydrogen-bond acceptors (Lipinski definition) is 7. The van der Waals surface area contributed by atoms with Crippen LogP contribution < -0.4 is 10.2 Å². The molecule has 0 bridgehead atoms. The SMILES string of the molecule is C.COC(=O)c1ccc(N2C[C@H]3[C@@H](C2=O)[C@H](c2cccc(Cl)c2F)[C@]2(C(=O)Nc4cc(Cl)ccc42)N3CC2CC2)c([N+](=O)[O-])c1C. The van der Waals surface area contributed by atoms with Gasteiger partial charge < -0.3 is 15.0 Å². The van der Waals surface area contributed by atoms with Crippen molar-refractivity contribution in [3.63, 3.8) is 0 Å². The first-order valence-electron chi connectivity index (χ1n) is 14.5. The monoisotopic (exact) mass is 668 g/mol. The van der Waals surface area contributed by atoms with Crippen LogP contribution in [0.25, 0.3) is 0 Å². The Morgan fingerprint density at radius 2 is 1.91 bits per heavy atom. The highest BCUT2D eigenvalue weighted by atomic mass is 35.5. The Labute approximate surface area is 274 Å². The van der Waals surface area contributed by atoms with Gasteiger partial charge in [-0.1, -0.05) is 48.8 Å². The number of nitrogens with zero attached hydrogens (tertiary/aromatic N) is 3. The molecule has 1 spiro atoms. The van der Waals surface area contributed by atoms with Crippen LogP contribution in [0.4, 0.5) is 21.5 Å². The van der Waals surface area contributed by atoms with Crippen molar-refractivity contribution < 1.29 is 28.4 Å². The maximum absolute atomic E-state index is 16.1. The molecule has 4 aliphatic rings. The molecule has 240 valence electrons. The van der Waals surface area contributed by atoms with Crippen molar-refractivity contribution in [2.24, 2.45) is 11.8 Å². The van der Waals surface area contributed by atoms with E-state index in [1.54, 1.807) is 30.3 Å². The fourth-order valence-electron chi connectivity index (χ4n) is 7.70. The number of likely N-dealkylation sites (tertiary alicyclic amines) is 1. The highest BCUT2D eigenvalue weighted by molar-refractivity contribution is 6.31. The van der Waals surface area contributed by atoms with E-state index in [0.29, 0.717) is 22.8 Å². The number of rotatable bonds is 6. The summed E-state index contributed by atoms with van der Waals surface area (Å²) in [4.78, 5) is 56.5. The second kappa shape index (κ2) is 11.3. The van der Waals surface area contributed by atoms with Crippen molar-refractivity contribution in [1.82, 2.24) is 4.90 Å². The molecule has 3 aromatic carbocycles. The molecule has 1 saturated carbocycles. The molecule has 0 aromatic heterocycles. The van der Waals surface area contributed by atoms with Crippen LogP contribution in [0.5, 0.6) is 0 Å². The number of hydrogen-bond donors (Lipinski definition) is 1. The maximum Gasteiger partial charge on any atom is 0.338 e. The molecule has 2 amide bonds. The molecular weight excluding hydrogens is 638 g/mol. The lowest BCUT2D eigenvalue weighted by molar-refractivity contribution is -0.384. The van der Waals surface area contributed by atoms with Crippen molar-refractivity contribution in [2.45, 2.75) is 44.7 Å². The zero-order valence-electron chi connectivity index (χ0n) is 24.2. The molecule has 0 radical (unpaired) electrons. The Hall–Kier alpha value is -4.06. The summed E-state index contributed by atoms with van der Waals surface area (Å²) in [6.45, 7) is 1.89. The molecule has 13 heteroatoms. The van der Waals surface area contributed by atoms with Crippen LogP contribution in [0.1, 0.15) is 53.2 Å². The number of fused-ring (bicyclic) bond motifs is 3. The van der Waals surface area contributed by atoms with Gasteiger partial charge in [-0.05, 0) is 61.6 Å². The molecule has 10 nitrogen and oxygen atoms in total. The summed E-state index contributed by atoms with van der Waals surface area (Å²) >= 11 is 12.6. The van der Waals surface area contributed by atoms with Crippen LogP contribution in [-0.2, 0) is 19.9 Å². The van der Waals surface area contributed by atoms with Crippen molar-refractivity contribution in [1.29, 1.82) is 0 Å². The van der Waals surface area contributed by atoms with Gasteiger partial charge in [0.15, 0.2) is 0 Å². The first kappa shape index (κ1) is 31.9. The van der Waals surface area contributed by atoms with Crippen molar-refractivity contribution in [3.05, 3.63) is 96.8 Å². The predicted molar refractivity (Wildman–Crippen MR) is 171 cm³/mol. The highest BCUT2D eigenvalue weighted by Gasteiger charge is 2.71. The van der Waals surface area contributed by atoms with Crippen LogP contribution in [0.3, 0.4) is 0 Å². The second-order valence-corrected chi connectivity index (χ2v) is 12.9. The quantitative estimate of drug-likeness (QED) is 0.182. The molecule has 3 aromatic rings. The highest BCUT2D eigenvalue weighted by Crippen LogP contribution is 2.63. The van der Waals surface area contributed by atoms with E-state index in [1.165, 1.54) is 37.1 Å². The van der Waals surface area contributed by atoms with Crippen LogP contribution in [0, 0.1) is 34.7 Å². The topological polar surface area (TPSA) is 122 Å². The van der Waals surface area contributed by atoms with E-state index in [1.807, 2.05) is 4.90 Å². The third-order valence-corrected chi connectivity index (χ3v) is 10.3. The van der Waals surface area contributed by atoms with Crippen molar-refractivity contribution in [2.75, 3.05) is 30.4 Å². The van der Waals surface area contributed by atoms with E-state index in [2.05, 4.69) is 5.32 Å². The Morgan fingerprint density at radius 3 is 2.59 bits per heavy atom. The number of anilines is 2. The van der Waals surface area contributed by atoms with Crippen LogP contribution >= 0.6 is 23.2 Å².